The molecule has 0 radical (unpaired) electrons. The summed E-state index contributed by atoms with van der Waals surface area (Å²) in [6, 6.07) is 14.3. The fourth-order valence-corrected chi connectivity index (χ4v) is 4.13. The van der Waals surface area contributed by atoms with Gasteiger partial charge in [0.1, 0.15) is 18.8 Å². The Kier molecular flexibility index (Phi) is 6.16. The Bertz CT molecular complexity index is 932. The number of anilines is 2. The second-order valence-corrected chi connectivity index (χ2v) is 7.77. The molecule has 1 saturated heterocycles. The predicted octanol–water partition coefficient (Wildman–Crippen LogP) is 2.07. The van der Waals surface area contributed by atoms with Gasteiger partial charge in [0.25, 0.3) is 5.91 Å². The molecule has 1 amide bonds. The molecule has 0 saturated carbocycles. The van der Waals surface area contributed by atoms with Gasteiger partial charge in [-0.25, -0.2) is 4.98 Å². The van der Waals surface area contributed by atoms with Crippen LogP contribution in [0.5, 0.6) is 0 Å². The molecule has 7 heteroatoms. The van der Waals surface area contributed by atoms with E-state index in [9.17, 15) is 4.79 Å². The highest BCUT2D eigenvalue weighted by molar-refractivity contribution is 7.14. The number of carbonyl (C=O) groups excluding carboxylic acids is 1. The molecule has 4 rings (SSSR count). The molecule has 1 fully saturated rings. The van der Waals surface area contributed by atoms with E-state index >= 15 is 0 Å². The number of nitrogens with one attached hydrogen (secondary N) is 3. The Hall–Kier alpha value is -2.48. The molecule has 1 aromatic heterocycles. The maximum Gasteiger partial charge on any atom is 0.270 e. The van der Waals surface area contributed by atoms with Crippen LogP contribution in [0.4, 0.5) is 10.8 Å². The lowest BCUT2D eigenvalue weighted by atomic mass is 10.1. The van der Waals surface area contributed by atoms with Crippen molar-refractivity contribution in [2.24, 2.45) is 0 Å². The van der Waals surface area contributed by atoms with Crippen LogP contribution in [0.1, 0.15) is 16.9 Å². The number of hydrogen-bond donors (Lipinski definition) is 3. The first-order valence-electron chi connectivity index (χ1n) is 9.69. The lowest BCUT2D eigenvalue weighted by molar-refractivity contribution is -0.908. The minimum atomic E-state index is -0.112. The van der Waals surface area contributed by atoms with Gasteiger partial charge in [0, 0.05) is 29.4 Å². The number of carbonyl (C=O) groups is 1. The summed E-state index contributed by atoms with van der Waals surface area (Å²) in [6.07, 6.45) is 0.965. The van der Waals surface area contributed by atoms with Gasteiger partial charge in [0.2, 0.25) is 0 Å². The van der Waals surface area contributed by atoms with Gasteiger partial charge in [0.15, 0.2) is 5.13 Å². The number of quaternary nitrogens is 1. The molecule has 2 heterocycles. The van der Waals surface area contributed by atoms with Crippen molar-refractivity contribution in [3.05, 3.63) is 53.5 Å². The highest BCUT2D eigenvalue weighted by Crippen LogP contribution is 2.27. The van der Waals surface area contributed by atoms with Crippen molar-refractivity contribution >= 4 is 38.8 Å². The van der Waals surface area contributed by atoms with Crippen molar-refractivity contribution in [3.63, 3.8) is 0 Å². The largest absolute Gasteiger partial charge is 0.370 e. The van der Waals surface area contributed by atoms with Crippen molar-refractivity contribution in [1.29, 1.82) is 0 Å². The second kappa shape index (κ2) is 9.14. The van der Waals surface area contributed by atoms with Crippen LogP contribution < -0.4 is 15.5 Å². The first-order chi connectivity index (χ1) is 13.8. The fourth-order valence-electron chi connectivity index (χ4n) is 3.43. The molecular weight excluding hydrogens is 372 g/mol. The standard InChI is InChI=1S/C21H24N4O2S/c26-20(22-9-4-10-25-11-13-27-14-12-25)19-15-28-21(24-19)23-18-8-3-6-16-5-1-2-7-17(16)18/h1-3,5-8,15H,4,9-14H2,(H,22,26)(H,23,24)/p+1. The summed E-state index contributed by atoms with van der Waals surface area (Å²) in [5.41, 5.74) is 1.46. The third-order valence-electron chi connectivity index (χ3n) is 4.96. The van der Waals surface area contributed by atoms with Crippen LogP contribution >= 0.6 is 11.3 Å². The van der Waals surface area contributed by atoms with Crippen LogP contribution in [0.3, 0.4) is 0 Å². The number of morpholine rings is 1. The molecule has 0 atom stereocenters. The number of thiazole rings is 1. The number of rotatable bonds is 7. The Morgan fingerprint density at radius 3 is 2.86 bits per heavy atom. The van der Waals surface area contributed by atoms with Crippen LogP contribution in [0.15, 0.2) is 47.8 Å². The lowest BCUT2D eigenvalue weighted by Gasteiger charge is -2.23. The number of ether oxygens (including phenoxy) is 1. The molecule has 3 aromatic rings. The molecule has 28 heavy (non-hydrogen) atoms. The van der Waals surface area contributed by atoms with Crippen molar-refractivity contribution in [3.8, 4) is 0 Å². The van der Waals surface area contributed by atoms with Gasteiger partial charge in [-0.1, -0.05) is 36.4 Å². The third kappa shape index (κ3) is 4.67. The molecule has 1 aliphatic rings. The van der Waals surface area contributed by atoms with Gasteiger partial charge in [-0.15, -0.1) is 11.3 Å². The third-order valence-corrected chi connectivity index (χ3v) is 5.72. The van der Waals surface area contributed by atoms with Gasteiger partial charge in [-0.05, 0) is 11.5 Å². The zero-order valence-corrected chi connectivity index (χ0v) is 16.6. The summed E-state index contributed by atoms with van der Waals surface area (Å²) in [5.74, 6) is -0.112. The summed E-state index contributed by atoms with van der Waals surface area (Å²) >= 11 is 1.44. The monoisotopic (exact) mass is 397 g/mol. The zero-order chi connectivity index (χ0) is 19.2. The Morgan fingerprint density at radius 2 is 1.96 bits per heavy atom. The topological polar surface area (TPSA) is 67.7 Å². The minimum Gasteiger partial charge on any atom is -0.370 e. The molecule has 6 nitrogen and oxygen atoms in total. The molecule has 2 aromatic carbocycles. The summed E-state index contributed by atoms with van der Waals surface area (Å²) in [7, 11) is 0. The Balaban J connectivity index is 1.30. The van der Waals surface area contributed by atoms with Crippen LogP contribution in [0, 0.1) is 0 Å². The van der Waals surface area contributed by atoms with Crippen molar-refractivity contribution in [2.45, 2.75) is 6.42 Å². The maximum absolute atomic E-state index is 12.4. The van der Waals surface area contributed by atoms with E-state index in [1.165, 1.54) is 16.7 Å². The molecular formula is C21H25N4O2S+. The van der Waals surface area contributed by atoms with E-state index in [1.54, 1.807) is 10.3 Å². The van der Waals surface area contributed by atoms with Gasteiger partial charge in [-0.2, -0.15) is 0 Å². The van der Waals surface area contributed by atoms with Crippen LogP contribution in [0.25, 0.3) is 10.8 Å². The van der Waals surface area contributed by atoms with E-state index in [0.717, 1.165) is 55.5 Å². The quantitative estimate of drug-likeness (QED) is 0.534. The number of fused-ring (bicyclic) bond motifs is 1. The highest BCUT2D eigenvalue weighted by Gasteiger charge is 2.14. The summed E-state index contributed by atoms with van der Waals surface area (Å²) < 4.78 is 5.37. The Labute approximate surface area is 168 Å². The van der Waals surface area contributed by atoms with Gasteiger partial charge in [-0.3, -0.25) is 4.79 Å². The summed E-state index contributed by atoms with van der Waals surface area (Å²) in [6.45, 7) is 5.54. The zero-order valence-electron chi connectivity index (χ0n) is 15.7. The molecule has 1 aliphatic heterocycles. The SMILES string of the molecule is O=C(NCCC[NH+]1CCOCC1)c1csc(Nc2cccc3ccccc23)n1. The van der Waals surface area contributed by atoms with Crippen LogP contribution in [-0.2, 0) is 4.74 Å². The first kappa shape index (κ1) is 18.9. The molecule has 0 spiro atoms. The number of nitrogens with zero attached hydrogens (tertiary/aromatic N) is 1. The van der Waals surface area contributed by atoms with E-state index in [-0.39, 0.29) is 5.91 Å². The van der Waals surface area contributed by atoms with Crippen LogP contribution in [0.2, 0.25) is 0 Å². The van der Waals surface area contributed by atoms with E-state index in [0.29, 0.717) is 12.2 Å². The average molecular weight is 398 g/mol. The normalized spacial score (nSPS) is 14.9. The minimum absolute atomic E-state index is 0.112. The first-order valence-corrected chi connectivity index (χ1v) is 10.6. The van der Waals surface area contributed by atoms with E-state index in [2.05, 4.69) is 33.8 Å². The second-order valence-electron chi connectivity index (χ2n) is 6.91. The summed E-state index contributed by atoms with van der Waals surface area (Å²) in [5, 5.41) is 11.2. The van der Waals surface area contributed by atoms with Crippen molar-refractivity contribution in [2.75, 3.05) is 44.7 Å². The van der Waals surface area contributed by atoms with E-state index in [4.69, 9.17) is 4.74 Å². The number of aromatic nitrogens is 1. The van der Waals surface area contributed by atoms with Gasteiger partial charge < -0.3 is 20.3 Å². The number of amides is 1. The van der Waals surface area contributed by atoms with E-state index in [1.807, 2.05) is 24.3 Å². The van der Waals surface area contributed by atoms with Crippen LogP contribution in [-0.4, -0.2) is 50.3 Å². The average Bonchev–Trinajstić information content (AvgIpc) is 3.21. The summed E-state index contributed by atoms with van der Waals surface area (Å²) in [4.78, 5) is 18.4. The highest BCUT2D eigenvalue weighted by atomic mass is 32.1. The molecule has 0 unspecified atom stereocenters. The van der Waals surface area contributed by atoms with E-state index < -0.39 is 0 Å². The molecule has 0 aliphatic carbocycles. The number of benzene rings is 2. The number of hydrogen-bond acceptors (Lipinski definition) is 5. The molecule has 3 N–H and O–H groups in total. The Morgan fingerprint density at radius 1 is 1.14 bits per heavy atom. The predicted molar refractivity (Wildman–Crippen MR) is 113 cm³/mol. The smallest absolute Gasteiger partial charge is 0.270 e. The van der Waals surface area contributed by atoms with Gasteiger partial charge >= 0.3 is 0 Å². The van der Waals surface area contributed by atoms with Crippen molar-refractivity contribution in [1.82, 2.24) is 10.3 Å². The van der Waals surface area contributed by atoms with Crippen molar-refractivity contribution < 1.29 is 14.4 Å². The fraction of sp³-hybridized carbons (Fsp3) is 0.333. The lowest BCUT2D eigenvalue weighted by Crippen LogP contribution is -3.14. The maximum atomic E-state index is 12.4. The molecule has 0 bridgehead atoms. The molecule has 146 valence electrons. The van der Waals surface area contributed by atoms with Gasteiger partial charge in [0.05, 0.1) is 19.8 Å².